The van der Waals surface area contributed by atoms with Crippen LogP contribution in [0.1, 0.15) is 49.9 Å². The molecule has 1 aromatic carbocycles. The zero-order valence-electron chi connectivity index (χ0n) is 22.1. The minimum Gasteiger partial charge on any atom is -0.395 e. The molecule has 0 atom stereocenters. The first kappa shape index (κ1) is 28.5. The Morgan fingerprint density at radius 1 is 1.13 bits per heavy atom. The number of aliphatic hydroxyl groups excluding tert-OH is 2. The first-order valence-electron chi connectivity index (χ1n) is 12.7. The van der Waals surface area contributed by atoms with Crippen LogP contribution in [0.2, 0.25) is 0 Å². The number of nitrogens with one attached hydrogen (secondary N) is 3. The Bertz CT molecular complexity index is 1270. The molecule has 1 spiro atoms. The summed E-state index contributed by atoms with van der Waals surface area (Å²) in [6.45, 7) is 4.73. The van der Waals surface area contributed by atoms with E-state index in [9.17, 15) is 18.3 Å². The van der Waals surface area contributed by atoms with Gasteiger partial charge in [-0.1, -0.05) is 0 Å². The molecule has 0 unspecified atom stereocenters. The number of hydrogen-bond acceptors (Lipinski definition) is 9. The number of rotatable bonds is 11. The van der Waals surface area contributed by atoms with Crippen molar-refractivity contribution in [3.8, 4) is 0 Å². The Morgan fingerprint density at radius 3 is 2.45 bits per heavy atom. The number of carbonyl (C=O) groups excluding carboxylic acids is 1. The van der Waals surface area contributed by atoms with Gasteiger partial charge in [0.1, 0.15) is 11.6 Å². The molecule has 10 nitrogen and oxygen atoms in total. The number of aromatic nitrogens is 1. The summed E-state index contributed by atoms with van der Waals surface area (Å²) in [5.74, 6) is 0.165. The van der Waals surface area contributed by atoms with E-state index in [1.54, 1.807) is 24.3 Å². The van der Waals surface area contributed by atoms with Gasteiger partial charge in [0.05, 0.1) is 41.4 Å². The predicted molar refractivity (Wildman–Crippen MR) is 153 cm³/mol. The second-order valence-corrected chi connectivity index (χ2v) is 13.4. The smallest absolute Gasteiger partial charge is 0.258 e. The van der Waals surface area contributed by atoms with Crippen molar-refractivity contribution < 1.29 is 23.4 Å². The maximum atomic E-state index is 13.5. The van der Waals surface area contributed by atoms with E-state index in [0.29, 0.717) is 34.0 Å². The largest absolute Gasteiger partial charge is 0.395 e. The van der Waals surface area contributed by atoms with Crippen molar-refractivity contribution in [3.05, 3.63) is 35.9 Å². The van der Waals surface area contributed by atoms with E-state index in [1.165, 1.54) is 24.6 Å². The molecular formula is C26H37N5O5S2. The van der Waals surface area contributed by atoms with Gasteiger partial charge in [-0.2, -0.15) is 0 Å². The summed E-state index contributed by atoms with van der Waals surface area (Å²) in [4.78, 5) is 21.1. The number of piperidine rings is 1. The quantitative estimate of drug-likeness (QED) is 0.260. The number of amides is 1. The van der Waals surface area contributed by atoms with Gasteiger partial charge in [-0.25, -0.2) is 13.4 Å². The molecule has 2 heterocycles. The Hall–Kier alpha value is -2.54. The third kappa shape index (κ3) is 6.90. The Kier molecular flexibility index (Phi) is 8.46. The van der Waals surface area contributed by atoms with Crippen LogP contribution in [0, 0.1) is 5.41 Å². The third-order valence-electron chi connectivity index (χ3n) is 7.17. The SMILES string of the molecule is CSc1ccc(NC(=O)c2ccc(NS(=O)(=O)CCO)cc2N2CCC3(CC2)CC3)nc1NC(C)(C)CO. The number of aliphatic hydroxyl groups is 2. The molecule has 1 aliphatic carbocycles. The van der Waals surface area contributed by atoms with E-state index in [2.05, 4.69) is 25.2 Å². The lowest BCUT2D eigenvalue weighted by atomic mass is 9.93. The molecule has 2 aliphatic rings. The molecule has 2 aromatic rings. The number of thioether (sulfide) groups is 1. The fraction of sp³-hybridized carbons (Fsp3) is 0.538. The third-order valence-corrected chi connectivity index (χ3v) is 9.21. The lowest BCUT2D eigenvalue weighted by Gasteiger charge is -2.35. The highest BCUT2D eigenvalue weighted by atomic mass is 32.2. The maximum Gasteiger partial charge on any atom is 0.258 e. The molecule has 0 bridgehead atoms. The summed E-state index contributed by atoms with van der Waals surface area (Å²) in [5.41, 5.74) is 1.26. The van der Waals surface area contributed by atoms with Gasteiger partial charge in [0, 0.05) is 18.0 Å². The van der Waals surface area contributed by atoms with Crippen LogP contribution in [0.4, 0.5) is 23.0 Å². The van der Waals surface area contributed by atoms with Gasteiger partial charge in [-0.05, 0) is 81.5 Å². The minimum absolute atomic E-state index is 0.0893. The molecule has 1 saturated heterocycles. The number of sulfonamides is 1. The van der Waals surface area contributed by atoms with Gasteiger partial charge in [-0.15, -0.1) is 11.8 Å². The Morgan fingerprint density at radius 2 is 1.84 bits per heavy atom. The highest BCUT2D eigenvalue weighted by Crippen LogP contribution is 2.54. The van der Waals surface area contributed by atoms with Gasteiger partial charge < -0.3 is 25.7 Å². The highest BCUT2D eigenvalue weighted by Gasteiger charge is 2.44. The van der Waals surface area contributed by atoms with E-state index < -0.39 is 27.9 Å². The first-order chi connectivity index (χ1) is 18.0. The highest BCUT2D eigenvalue weighted by molar-refractivity contribution is 7.98. The Labute approximate surface area is 228 Å². The molecule has 208 valence electrons. The molecular weight excluding hydrogens is 526 g/mol. The molecule has 12 heteroatoms. The van der Waals surface area contributed by atoms with Crippen LogP contribution in [0.5, 0.6) is 0 Å². The fourth-order valence-corrected chi connectivity index (χ4v) is 5.93. The van der Waals surface area contributed by atoms with Gasteiger partial charge in [0.15, 0.2) is 0 Å². The van der Waals surface area contributed by atoms with Crippen molar-refractivity contribution in [2.45, 2.75) is 50.0 Å². The summed E-state index contributed by atoms with van der Waals surface area (Å²) in [5, 5.41) is 24.9. The molecule has 1 aliphatic heterocycles. The average Bonchev–Trinajstić information content (AvgIpc) is 3.62. The van der Waals surface area contributed by atoms with Crippen molar-refractivity contribution >= 4 is 50.7 Å². The first-order valence-corrected chi connectivity index (χ1v) is 15.6. The summed E-state index contributed by atoms with van der Waals surface area (Å²) in [7, 11) is -3.71. The van der Waals surface area contributed by atoms with Crippen LogP contribution in [0.25, 0.3) is 0 Å². The molecule has 5 N–H and O–H groups in total. The maximum absolute atomic E-state index is 13.5. The lowest BCUT2D eigenvalue weighted by Crippen LogP contribution is -2.36. The van der Waals surface area contributed by atoms with Crippen molar-refractivity contribution in [2.75, 3.05) is 58.6 Å². The number of anilines is 4. The monoisotopic (exact) mass is 563 g/mol. The number of pyridine rings is 1. The number of hydrogen-bond donors (Lipinski definition) is 5. The van der Waals surface area contributed by atoms with Crippen LogP contribution in [0.3, 0.4) is 0 Å². The predicted octanol–water partition coefficient (Wildman–Crippen LogP) is 3.35. The van der Waals surface area contributed by atoms with Crippen LogP contribution in [-0.2, 0) is 10.0 Å². The van der Waals surface area contributed by atoms with Gasteiger partial charge >= 0.3 is 0 Å². The summed E-state index contributed by atoms with van der Waals surface area (Å²) in [6, 6.07) is 8.46. The number of carbonyl (C=O) groups is 1. The lowest BCUT2D eigenvalue weighted by molar-refractivity contribution is 0.102. The van der Waals surface area contributed by atoms with Crippen LogP contribution >= 0.6 is 11.8 Å². The second-order valence-electron chi connectivity index (χ2n) is 10.7. The standard InChI is InChI=1S/C26H37N5O5S2/c1-25(2,17-33)29-23-21(37-3)6-7-22(27-23)28-24(34)19-5-4-18(30-38(35,36)15-14-32)16-20(19)31-12-10-26(8-9-26)11-13-31/h4-7,16,30,32-33H,8-15,17H2,1-3H3,(H2,27,28,29,34). The van der Waals surface area contributed by atoms with Crippen molar-refractivity contribution in [2.24, 2.45) is 5.41 Å². The van der Waals surface area contributed by atoms with E-state index in [4.69, 9.17) is 5.11 Å². The molecule has 0 radical (unpaired) electrons. The topological polar surface area (TPSA) is 144 Å². The van der Waals surface area contributed by atoms with Crippen molar-refractivity contribution in [1.82, 2.24) is 4.98 Å². The number of nitrogens with zero attached hydrogens (tertiary/aromatic N) is 2. The molecule has 1 amide bonds. The van der Waals surface area contributed by atoms with Crippen LogP contribution in [0.15, 0.2) is 35.2 Å². The molecule has 2 fully saturated rings. The van der Waals surface area contributed by atoms with Crippen LogP contribution < -0.4 is 20.3 Å². The van der Waals surface area contributed by atoms with Crippen LogP contribution in [-0.4, -0.2) is 73.4 Å². The zero-order chi connectivity index (χ0) is 27.6. The normalized spacial score (nSPS) is 16.8. The van der Waals surface area contributed by atoms with E-state index >= 15 is 0 Å². The molecule has 38 heavy (non-hydrogen) atoms. The summed E-state index contributed by atoms with van der Waals surface area (Å²) in [6.07, 6.45) is 6.51. The zero-order valence-corrected chi connectivity index (χ0v) is 23.7. The van der Waals surface area contributed by atoms with Crippen molar-refractivity contribution in [3.63, 3.8) is 0 Å². The molecule has 4 rings (SSSR count). The summed E-state index contributed by atoms with van der Waals surface area (Å²) < 4.78 is 27.0. The average molecular weight is 564 g/mol. The molecule has 1 aromatic heterocycles. The second kappa shape index (κ2) is 11.3. The Balaban J connectivity index is 1.61. The van der Waals surface area contributed by atoms with Gasteiger partial charge in [0.25, 0.3) is 5.91 Å². The van der Waals surface area contributed by atoms with E-state index in [0.717, 1.165) is 30.8 Å². The van der Waals surface area contributed by atoms with Crippen molar-refractivity contribution in [1.29, 1.82) is 0 Å². The minimum atomic E-state index is -3.71. The van der Waals surface area contributed by atoms with E-state index in [1.807, 2.05) is 26.2 Å². The van der Waals surface area contributed by atoms with Gasteiger partial charge in [-0.3, -0.25) is 9.52 Å². The summed E-state index contributed by atoms with van der Waals surface area (Å²) >= 11 is 1.51. The van der Waals surface area contributed by atoms with Gasteiger partial charge in [0.2, 0.25) is 10.0 Å². The molecule has 1 saturated carbocycles. The fourth-order valence-electron chi connectivity index (χ4n) is 4.61. The van der Waals surface area contributed by atoms with E-state index in [-0.39, 0.29) is 12.5 Å². The number of benzene rings is 1.